The van der Waals surface area contributed by atoms with Crippen LogP contribution in [0.1, 0.15) is 53.3 Å². The molecule has 1 saturated heterocycles. The molecule has 2 aliphatic heterocycles. The lowest BCUT2D eigenvalue weighted by molar-refractivity contribution is -0.143. The Hall–Kier alpha value is -2.20. The van der Waals surface area contributed by atoms with Gasteiger partial charge in [0.25, 0.3) is 5.91 Å². The molecule has 0 bridgehead atoms. The molecular formula is C20H20ClF2N3O4. The molecule has 3 heterocycles. The Balaban J connectivity index is 1.68. The zero-order valence-corrected chi connectivity index (χ0v) is 16.9. The van der Waals surface area contributed by atoms with Gasteiger partial charge in [-0.3, -0.25) is 4.79 Å². The topological polar surface area (TPSA) is 95.8 Å². The Morgan fingerprint density at radius 3 is 2.60 bits per heavy atom. The quantitative estimate of drug-likeness (QED) is 0.760. The second-order valence-corrected chi connectivity index (χ2v) is 8.13. The molecule has 2 unspecified atom stereocenters. The molecule has 2 aliphatic rings. The summed E-state index contributed by atoms with van der Waals surface area (Å²) in [6.07, 6.45) is 1.00. The maximum atomic E-state index is 15.5. The molecule has 0 spiro atoms. The highest BCUT2D eigenvalue weighted by atomic mass is 35.5. The van der Waals surface area contributed by atoms with Crippen molar-refractivity contribution in [3.63, 3.8) is 0 Å². The fourth-order valence-electron chi connectivity index (χ4n) is 3.93. The van der Waals surface area contributed by atoms with E-state index in [0.717, 1.165) is 11.0 Å². The Kier molecular flexibility index (Phi) is 5.26. The molecule has 0 radical (unpaired) electrons. The number of halogens is 3. The summed E-state index contributed by atoms with van der Waals surface area (Å²) in [5.41, 5.74) is -4.53. The predicted molar refractivity (Wildman–Crippen MR) is 102 cm³/mol. The van der Waals surface area contributed by atoms with Crippen LogP contribution in [0, 0.1) is 5.82 Å². The average molecular weight is 440 g/mol. The largest absolute Gasteiger partial charge is 0.382 e. The molecule has 0 saturated carbocycles. The molecule has 1 fully saturated rings. The van der Waals surface area contributed by atoms with Gasteiger partial charge in [-0.25, -0.2) is 18.7 Å². The summed E-state index contributed by atoms with van der Waals surface area (Å²) in [4.78, 5) is 21.8. The molecule has 160 valence electrons. The van der Waals surface area contributed by atoms with Crippen molar-refractivity contribution in [3.05, 3.63) is 57.9 Å². The molecule has 7 nitrogen and oxygen atoms in total. The van der Waals surface area contributed by atoms with Crippen LogP contribution in [0.15, 0.2) is 24.5 Å². The first-order valence-electron chi connectivity index (χ1n) is 9.42. The van der Waals surface area contributed by atoms with Gasteiger partial charge in [0.05, 0.1) is 17.1 Å². The van der Waals surface area contributed by atoms with E-state index in [9.17, 15) is 19.4 Å². The Morgan fingerprint density at radius 2 is 1.97 bits per heavy atom. The van der Waals surface area contributed by atoms with Crippen molar-refractivity contribution in [1.29, 1.82) is 0 Å². The monoisotopic (exact) mass is 439 g/mol. The van der Waals surface area contributed by atoms with Gasteiger partial charge in [0.1, 0.15) is 22.9 Å². The van der Waals surface area contributed by atoms with E-state index in [0.29, 0.717) is 5.02 Å². The SMILES string of the molecule is CC(O)(c1cc(F)c2c(c1)C(=O)N(Cc1ncc(Cl)cn1)C2O)C1(F)CCOCC1. The van der Waals surface area contributed by atoms with E-state index in [-0.39, 0.29) is 55.1 Å². The minimum Gasteiger partial charge on any atom is -0.382 e. The number of rotatable bonds is 4. The number of ether oxygens (including phenoxy) is 1. The zero-order chi connectivity index (χ0) is 21.7. The first-order valence-corrected chi connectivity index (χ1v) is 9.80. The van der Waals surface area contributed by atoms with Crippen LogP contribution in [-0.2, 0) is 16.9 Å². The Labute approximate surface area is 176 Å². The van der Waals surface area contributed by atoms with Crippen LogP contribution in [0.4, 0.5) is 8.78 Å². The number of hydrogen-bond donors (Lipinski definition) is 2. The van der Waals surface area contributed by atoms with Crippen molar-refractivity contribution in [2.24, 2.45) is 0 Å². The molecule has 2 N–H and O–H groups in total. The van der Waals surface area contributed by atoms with E-state index in [2.05, 4.69) is 9.97 Å². The highest BCUT2D eigenvalue weighted by Gasteiger charge is 2.51. The first-order chi connectivity index (χ1) is 14.1. The lowest BCUT2D eigenvalue weighted by Gasteiger charge is -2.41. The summed E-state index contributed by atoms with van der Waals surface area (Å²) >= 11 is 5.75. The minimum absolute atomic E-state index is 0.0602. The summed E-state index contributed by atoms with van der Waals surface area (Å²) in [6.45, 7) is 1.34. The number of fused-ring (bicyclic) bond motifs is 1. The van der Waals surface area contributed by atoms with Gasteiger partial charge in [0.2, 0.25) is 0 Å². The molecule has 1 aromatic carbocycles. The van der Waals surface area contributed by atoms with Crippen LogP contribution in [0.25, 0.3) is 0 Å². The highest BCUT2D eigenvalue weighted by Crippen LogP contribution is 2.45. The number of carbonyl (C=O) groups excluding carboxylic acids is 1. The maximum absolute atomic E-state index is 15.5. The van der Waals surface area contributed by atoms with Crippen LogP contribution in [0.3, 0.4) is 0 Å². The molecule has 1 amide bonds. The van der Waals surface area contributed by atoms with Crippen molar-refractivity contribution in [3.8, 4) is 0 Å². The van der Waals surface area contributed by atoms with Crippen LogP contribution in [0.5, 0.6) is 0 Å². The molecule has 10 heteroatoms. The van der Waals surface area contributed by atoms with Crippen molar-refractivity contribution < 1.29 is 28.5 Å². The maximum Gasteiger partial charge on any atom is 0.257 e. The van der Waals surface area contributed by atoms with Gasteiger partial charge in [-0.2, -0.15) is 0 Å². The number of aliphatic hydroxyl groups excluding tert-OH is 1. The number of aliphatic hydroxyl groups is 2. The molecule has 2 aromatic rings. The smallest absolute Gasteiger partial charge is 0.257 e. The van der Waals surface area contributed by atoms with E-state index in [4.69, 9.17) is 16.3 Å². The van der Waals surface area contributed by atoms with Crippen LogP contribution in [0.2, 0.25) is 5.02 Å². The van der Waals surface area contributed by atoms with Gasteiger partial charge in [-0.05, 0) is 24.6 Å². The summed E-state index contributed by atoms with van der Waals surface area (Å²) in [7, 11) is 0. The van der Waals surface area contributed by atoms with Crippen molar-refractivity contribution in [1.82, 2.24) is 14.9 Å². The highest BCUT2D eigenvalue weighted by molar-refractivity contribution is 6.30. The molecule has 30 heavy (non-hydrogen) atoms. The number of carbonyl (C=O) groups is 1. The fraction of sp³-hybridized carbons (Fsp3) is 0.450. The number of benzene rings is 1. The van der Waals surface area contributed by atoms with Crippen molar-refractivity contribution >= 4 is 17.5 Å². The van der Waals surface area contributed by atoms with Gasteiger partial charge < -0.3 is 19.8 Å². The number of aromatic nitrogens is 2. The first kappa shape index (κ1) is 21.0. The standard InChI is InChI=1S/C20H20ClF2N3O4/c1-19(29,20(23)2-4-30-5-3-20)11-6-13-16(14(22)7-11)18(28)26(17(13)27)10-15-24-8-12(21)9-25-15/h6-9,18,28-29H,2-5,10H2,1H3. The molecule has 0 aliphatic carbocycles. The Bertz CT molecular complexity index is 981. The number of amides is 1. The van der Waals surface area contributed by atoms with Gasteiger partial charge in [-0.15, -0.1) is 0 Å². The minimum atomic E-state index is -2.05. The van der Waals surface area contributed by atoms with Gasteiger partial charge >= 0.3 is 0 Å². The normalized spacial score (nSPS) is 22.7. The van der Waals surface area contributed by atoms with Gasteiger partial charge in [0, 0.05) is 44.0 Å². The lowest BCUT2D eigenvalue weighted by Crippen LogP contribution is -2.50. The second-order valence-electron chi connectivity index (χ2n) is 7.69. The summed E-state index contributed by atoms with van der Waals surface area (Å²) in [5.74, 6) is -1.37. The third kappa shape index (κ3) is 3.35. The third-order valence-corrected chi connectivity index (χ3v) is 6.07. The summed E-state index contributed by atoms with van der Waals surface area (Å²) < 4.78 is 35.5. The van der Waals surface area contributed by atoms with Crippen LogP contribution < -0.4 is 0 Å². The predicted octanol–water partition coefficient (Wildman–Crippen LogP) is 2.64. The number of alkyl halides is 1. The van der Waals surface area contributed by atoms with E-state index in [1.54, 1.807) is 0 Å². The van der Waals surface area contributed by atoms with Gasteiger partial charge in [-0.1, -0.05) is 11.6 Å². The lowest BCUT2D eigenvalue weighted by atomic mass is 9.75. The molecule has 2 atom stereocenters. The number of hydrogen-bond acceptors (Lipinski definition) is 6. The van der Waals surface area contributed by atoms with E-state index >= 15 is 4.39 Å². The van der Waals surface area contributed by atoms with E-state index in [1.807, 2.05) is 0 Å². The van der Waals surface area contributed by atoms with Crippen LogP contribution in [-0.4, -0.2) is 49.9 Å². The molecule has 1 aromatic heterocycles. The van der Waals surface area contributed by atoms with Gasteiger partial charge in [0.15, 0.2) is 6.23 Å². The van der Waals surface area contributed by atoms with Crippen molar-refractivity contribution in [2.75, 3.05) is 13.2 Å². The fourth-order valence-corrected chi connectivity index (χ4v) is 4.03. The van der Waals surface area contributed by atoms with Crippen LogP contribution >= 0.6 is 11.6 Å². The second kappa shape index (κ2) is 7.49. The zero-order valence-electron chi connectivity index (χ0n) is 16.1. The van der Waals surface area contributed by atoms with E-state index in [1.165, 1.54) is 25.4 Å². The third-order valence-electron chi connectivity index (χ3n) is 5.88. The van der Waals surface area contributed by atoms with E-state index < -0.39 is 29.2 Å². The molecule has 4 rings (SSSR count). The Morgan fingerprint density at radius 1 is 1.33 bits per heavy atom. The summed E-state index contributed by atoms with van der Waals surface area (Å²) in [6, 6.07) is 2.21. The number of nitrogens with zero attached hydrogens (tertiary/aromatic N) is 3. The average Bonchev–Trinajstić information content (AvgIpc) is 2.95. The summed E-state index contributed by atoms with van der Waals surface area (Å²) in [5, 5.41) is 21.8. The molecular weight excluding hydrogens is 420 g/mol. The van der Waals surface area contributed by atoms with Crippen molar-refractivity contribution in [2.45, 2.75) is 43.8 Å².